The predicted molar refractivity (Wildman–Crippen MR) is 103 cm³/mol. The molecule has 7 heteroatoms. The van der Waals surface area contributed by atoms with E-state index in [0.29, 0.717) is 19.0 Å². The van der Waals surface area contributed by atoms with Crippen LogP contribution in [0.5, 0.6) is 5.75 Å². The Morgan fingerprint density at radius 1 is 1.07 bits per heavy atom. The zero-order valence-corrected chi connectivity index (χ0v) is 16.3. The van der Waals surface area contributed by atoms with Crippen LogP contribution in [0.1, 0.15) is 27.5 Å². The highest BCUT2D eigenvalue weighted by Crippen LogP contribution is 2.44. The zero-order valence-electron chi connectivity index (χ0n) is 16.3. The lowest BCUT2D eigenvalue weighted by Crippen LogP contribution is -2.33. The van der Waals surface area contributed by atoms with Crippen molar-refractivity contribution in [3.05, 3.63) is 65.2 Å². The van der Waals surface area contributed by atoms with Crippen LogP contribution in [-0.2, 0) is 6.18 Å². The summed E-state index contributed by atoms with van der Waals surface area (Å²) < 4.78 is 44.2. The number of amides is 1. The molecule has 4 nitrogen and oxygen atoms in total. The minimum absolute atomic E-state index is 0.0918. The molecule has 2 aromatic rings. The van der Waals surface area contributed by atoms with Crippen LogP contribution in [0, 0.1) is 11.8 Å². The molecule has 2 aliphatic rings. The number of likely N-dealkylation sites (tertiary alicyclic amines) is 2. The van der Waals surface area contributed by atoms with Gasteiger partial charge in [-0.2, -0.15) is 13.2 Å². The highest BCUT2D eigenvalue weighted by Gasteiger charge is 2.47. The number of carbonyl (C=O) groups is 1. The van der Waals surface area contributed by atoms with Gasteiger partial charge in [0.05, 0.1) is 12.7 Å². The maximum atomic E-state index is 13.0. The Morgan fingerprint density at radius 3 is 2.45 bits per heavy atom. The van der Waals surface area contributed by atoms with Crippen LogP contribution in [0.2, 0.25) is 0 Å². The van der Waals surface area contributed by atoms with Gasteiger partial charge in [-0.3, -0.25) is 9.69 Å². The van der Waals surface area contributed by atoms with E-state index in [1.807, 2.05) is 24.3 Å². The molecule has 29 heavy (non-hydrogen) atoms. The van der Waals surface area contributed by atoms with Gasteiger partial charge in [-0.15, -0.1) is 0 Å². The molecule has 0 unspecified atom stereocenters. The van der Waals surface area contributed by atoms with E-state index in [1.165, 1.54) is 12.1 Å². The lowest BCUT2D eigenvalue weighted by atomic mass is 9.89. The molecule has 3 atom stereocenters. The first-order chi connectivity index (χ1) is 13.8. The molecule has 2 saturated heterocycles. The topological polar surface area (TPSA) is 32.8 Å². The van der Waals surface area contributed by atoms with Crippen LogP contribution < -0.4 is 4.74 Å². The number of rotatable bonds is 3. The van der Waals surface area contributed by atoms with E-state index in [2.05, 4.69) is 11.9 Å². The van der Waals surface area contributed by atoms with Crippen LogP contribution >= 0.6 is 0 Å². The number of methoxy groups -OCH3 is 1. The van der Waals surface area contributed by atoms with Crippen molar-refractivity contribution in [2.75, 3.05) is 33.8 Å². The van der Waals surface area contributed by atoms with Gasteiger partial charge in [-0.05, 0) is 48.9 Å². The van der Waals surface area contributed by atoms with E-state index in [-0.39, 0.29) is 23.4 Å². The number of benzene rings is 2. The predicted octanol–water partition coefficient (Wildman–Crippen LogP) is 4.09. The smallest absolute Gasteiger partial charge is 0.416 e. The Morgan fingerprint density at radius 2 is 1.79 bits per heavy atom. The van der Waals surface area contributed by atoms with E-state index in [4.69, 9.17) is 4.74 Å². The third kappa shape index (κ3) is 3.71. The molecule has 2 aromatic carbocycles. The molecule has 1 amide bonds. The first-order valence-corrected chi connectivity index (χ1v) is 9.58. The summed E-state index contributed by atoms with van der Waals surface area (Å²) in [6.07, 6.45) is -4.46. The van der Waals surface area contributed by atoms with Gasteiger partial charge in [0.25, 0.3) is 5.91 Å². The number of hydrogen-bond donors (Lipinski definition) is 0. The molecule has 0 N–H and O–H groups in total. The van der Waals surface area contributed by atoms with E-state index in [0.717, 1.165) is 30.0 Å². The summed E-state index contributed by atoms with van der Waals surface area (Å²) in [5, 5.41) is 0. The fraction of sp³-hybridized carbons (Fsp3) is 0.409. The fourth-order valence-corrected chi connectivity index (χ4v) is 4.74. The summed E-state index contributed by atoms with van der Waals surface area (Å²) in [4.78, 5) is 16.9. The maximum absolute atomic E-state index is 13.0. The summed E-state index contributed by atoms with van der Waals surface area (Å²) in [7, 11) is 3.70. The van der Waals surface area contributed by atoms with Crippen molar-refractivity contribution in [2.24, 2.45) is 11.8 Å². The molecular weight excluding hydrogens is 381 g/mol. The summed E-state index contributed by atoms with van der Waals surface area (Å²) in [5.74, 6) is 1.02. The first-order valence-electron chi connectivity index (χ1n) is 9.58. The first kappa shape index (κ1) is 19.8. The zero-order chi connectivity index (χ0) is 20.8. The SMILES string of the molecule is COc1ccc([C@@H]2[C@@H]3CN(C(=O)c4cccc(C(F)(F)F)c4)C[C@@H]3CN2C)cc1. The van der Waals surface area contributed by atoms with Gasteiger partial charge in [0.1, 0.15) is 5.75 Å². The third-order valence-corrected chi connectivity index (χ3v) is 6.08. The van der Waals surface area contributed by atoms with E-state index in [1.54, 1.807) is 12.0 Å². The molecule has 0 bridgehead atoms. The summed E-state index contributed by atoms with van der Waals surface area (Å²) in [6, 6.07) is 12.8. The van der Waals surface area contributed by atoms with Gasteiger partial charge in [-0.25, -0.2) is 0 Å². The number of halogens is 3. The average Bonchev–Trinajstić information content (AvgIpc) is 3.23. The minimum atomic E-state index is -4.46. The van der Waals surface area contributed by atoms with Gasteiger partial charge in [0.15, 0.2) is 0 Å². The minimum Gasteiger partial charge on any atom is -0.497 e. The van der Waals surface area contributed by atoms with Crippen molar-refractivity contribution >= 4 is 5.91 Å². The molecule has 4 rings (SSSR count). The van der Waals surface area contributed by atoms with Crippen LogP contribution in [0.3, 0.4) is 0 Å². The van der Waals surface area contributed by atoms with Crippen LogP contribution in [0.4, 0.5) is 13.2 Å². The molecule has 2 fully saturated rings. The highest BCUT2D eigenvalue weighted by atomic mass is 19.4. The molecule has 0 spiro atoms. The number of carbonyl (C=O) groups excluding carboxylic acids is 1. The third-order valence-electron chi connectivity index (χ3n) is 6.08. The number of alkyl halides is 3. The Hall–Kier alpha value is -2.54. The number of nitrogens with zero attached hydrogens (tertiary/aromatic N) is 2. The van der Waals surface area contributed by atoms with Gasteiger partial charge < -0.3 is 9.64 Å². The number of ether oxygens (including phenoxy) is 1. The molecule has 0 radical (unpaired) electrons. The van der Waals surface area contributed by atoms with Gasteiger partial charge in [0, 0.05) is 37.2 Å². The van der Waals surface area contributed by atoms with Crippen molar-refractivity contribution in [3.63, 3.8) is 0 Å². The Kier molecular flexibility index (Phi) is 5.02. The molecule has 154 valence electrons. The molecule has 0 aliphatic carbocycles. The van der Waals surface area contributed by atoms with Crippen molar-refractivity contribution < 1.29 is 22.7 Å². The lowest BCUT2D eigenvalue weighted by Gasteiger charge is -2.27. The van der Waals surface area contributed by atoms with Crippen LogP contribution in [0.15, 0.2) is 48.5 Å². The Labute approximate surface area is 167 Å². The van der Waals surface area contributed by atoms with Crippen LogP contribution in [0.25, 0.3) is 0 Å². The monoisotopic (exact) mass is 404 g/mol. The molecule has 0 saturated carbocycles. The standard InChI is InChI=1S/C22H23F3N2O2/c1-26-11-16-12-27(21(28)15-4-3-5-17(10-15)22(23,24)25)13-19(16)20(26)14-6-8-18(29-2)9-7-14/h3-10,16,19-20H,11-13H2,1-2H3/t16-,19+,20+/m0/s1. The normalized spacial score (nSPS) is 24.6. The molecule has 0 aromatic heterocycles. The quantitative estimate of drug-likeness (QED) is 0.773. The van der Waals surface area contributed by atoms with Gasteiger partial charge in [-0.1, -0.05) is 18.2 Å². The molecule has 2 heterocycles. The molecular formula is C22H23F3N2O2. The second kappa shape index (κ2) is 7.37. The molecule has 2 aliphatic heterocycles. The largest absolute Gasteiger partial charge is 0.497 e. The lowest BCUT2D eigenvalue weighted by molar-refractivity contribution is -0.137. The second-order valence-corrected chi connectivity index (χ2v) is 7.87. The second-order valence-electron chi connectivity index (χ2n) is 7.87. The van der Waals surface area contributed by atoms with Crippen molar-refractivity contribution in [2.45, 2.75) is 12.2 Å². The number of fused-ring (bicyclic) bond motifs is 1. The summed E-state index contributed by atoms with van der Waals surface area (Å²) in [6.45, 7) is 1.96. The van der Waals surface area contributed by atoms with E-state index < -0.39 is 11.7 Å². The van der Waals surface area contributed by atoms with Crippen molar-refractivity contribution in [3.8, 4) is 5.75 Å². The summed E-state index contributed by atoms with van der Waals surface area (Å²) >= 11 is 0. The van der Waals surface area contributed by atoms with Crippen molar-refractivity contribution in [1.82, 2.24) is 9.80 Å². The maximum Gasteiger partial charge on any atom is 0.416 e. The number of hydrogen-bond acceptors (Lipinski definition) is 3. The van der Waals surface area contributed by atoms with E-state index in [9.17, 15) is 18.0 Å². The van der Waals surface area contributed by atoms with E-state index >= 15 is 0 Å². The highest BCUT2D eigenvalue weighted by molar-refractivity contribution is 5.94. The Balaban J connectivity index is 1.53. The van der Waals surface area contributed by atoms with Gasteiger partial charge >= 0.3 is 6.18 Å². The van der Waals surface area contributed by atoms with Crippen molar-refractivity contribution in [1.29, 1.82) is 0 Å². The fourth-order valence-electron chi connectivity index (χ4n) is 4.74. The van der Waals surface area contributed by atoms with Gasteiger partial charge in [0.2, 0.25) is 0 Å². The van der Waals surface area contributed by atoms with Crippen LogP contribution in [-0.4, -0.2) is 49.5 Å². The Bertz CT molecular complexity index is 898. The summed E-state index contributed by atoms with van der Waals surface area (Å²) in [5.41, 5.74) is 0.460. The average molecular weight is 404 g/mol.